The molecule has 1 fully saturated rings. The van der Waals surface area contributed by atoms with Crippen molar-refractivity contribution in [3.8, 4) is 0 Å². The van der Waals surface area contributed by atoms with Crippen molar-refractivity contribution in [2.24, 2.45) is 0 Å². The minimum atomic E-state index is -4.73. The highest BCUT2D eigenvalue weighted by molar-refractivity contribution is 8.00. The number of alkyl halides is 3. The summed E-state index contributed by atoms with van der Waals surface area (Å²) < 4.78 is 58.3. The SMILES string of the molecule is C=C1CN(c2nc(=O)n3c4c(c(Cl)c(C(F)(F)F)cc24)SCC(S)C(c2cnccc2F)C3)C[C@H](C)N1. The van der Waals surface area contributed by atoms with Gasteiger partial charge in [0.15, 0.2) is 0 Å². The third kappa shape index (κ3) is 4.79. The van der Waals surface area contributed by atoms with Gasteiger partial charge in [0, 0.05) is 65.1 Å². The highest BCUT2D eigenvalue weighted by atomic mass is 35.5. The monoisotopic (exact) mass is 571 g/mol. The lowest BCUT2D eigenvalue weighted by molar-refractivity contribution is -0.137. The number of hydrogen-bond acceptors (Lipinski definition) is 7. The van der Waals surface area contributed by atoms with Crippen LogP contribution in [0.4, 0.5) is 23.4 Å². The molecular weight excluding hydrogens is 550 g/mol. The van der Waals surface area contributed by atoms with E-state index in [1.54, 1.807) is 4.90 Å². The van der Waals surface area contributed by atoms with Crippen molar-refractivity contribution >= 4 is 52.7 Å². The Bertz CT molecular complexity index is 1460. The topological polar surface area (TPSA) is 63.1 Å². The molecule has 2 unspecified atom stereocenters. The molecule has 0 aliphatic carbocycles. The predicted molar refractivity (Wildman–Crippen MR) is 140 cm³/mol. The number of piperazine rings is 1. The lowest BCUT2D eigenvalue weighted by Crippen LogP contribution is -2.48. The van der Waals surface area contributed by atoms with Crippen molar-refractivity contribution in [1.82, 2.24) is 19.9 Å². The first-order valence-electron chi connectivity index (χ1n) is 11.4. The first-order chi connectivity index (χ1) is 17.5. The molecule has 1 saturated heterocycles. The number of thiol groups is 1. The van der Waals surface area contributed by atoms with Crippen LogP contribution in [0, 0.1) is 5.82 Å². The fourth-order valence-electron chi connectivity index (χ4n) is 4.92. The molecule has 13 heteroatoms. The van der Waals surface area contributed by atoms with Crippen LogP contribution in [0.2, 0.25) is 5.02 Å². The molecule has 1 N–H and O–H groups in total. The summed E-state index contributed by atoms with van der Waals surface area (Å²) in [5.41, 5.74) is -0.520. The van der Waals surface area contributed by atoms with Gasteiger partial charge in [0.1, 0.15) is 11.6 Å². The van der Waals surface area contributed by atoms with E-state index in [0.717, 1.165) is 17.8 Å². The summed E-state index contributed by atoms with van der Waals surface area (Å²) in [6.07, 6.45) is -2.03. The zero-order valence-electron chi connectivity index (χ0n) is 19.5. The second-order valence-corrected chi connectivity index (χ2v) is 11.3. The lowest BCUT2D eigenvalue weighted by Gasteiger charge is -2.36. The van der Waals surface area contributed by atoms with Gasteiger partial charge in [-0.1, -0.05) is 18.2 Å². The number of benzene rings is 1. The molecule has 0 radical (unpaired) electrons. The summed E-state index contributed by atoms with van der Waals surface area (Å²) in [6, 6.07) is 2.11. The quantitative estimate of drug-likeness (QED) is 0.330. The number of aromatic nitrogens is 3. The second-order valence-electron chi connectivity index (χ2n) is 9.20. The minimum Gasteiger partial charge on any atom is -0.383 e. The van der Waals surface area contributed by atoms with Crippen LogP contribution in [0.3, 0.4) is 0 Å². The van der Waals surface area contributed by atoms with Gasteiger partial charge in [-0.05, 0) is 19.1 Å². The smallest absolute Gasteiger partial charge is 0.383 e. The zero-order chi connectivity index (χ0) is 26.6. The highest BCUT2D eigenvalue weighted by Crippen LogP contribution is 2.47. The maximum absolute atomic E-state index is 14.7. The molecule has 196 valence electrons. The summed E-state index contributed by atoms with van der Waals surface area (Å²) in [5.74, 6) is -0.739. The van der Waals surface area contributed by atoms with Crippen LogP contribution in [-0.2, 0) is 12.7 Å². The fourth-order valence-corrected chi connectivity index (χ4v) is 6.97. The maximum Gasteiger partial charge on any atom is 0.417 e. The van der Waals surface area contributed by atoms with Gasteiger partial charge < -0.3 is 10.2 Å². The van der Waals surface area contributed by atoms with Crippen LogP contribution in [0.15, 0.2) is 46.5 Å². The van der Waals surface area contributed by atoms with Gasteiger partial charge in [0.25, 0.3) is 0 Å². The van der Waals surface area contributed by atoms with Crippen molar-refractivity contribution in [2.45, 2.75) is 41.7 Å². The standard InChI is InChI=1S/C24H22ClF4N5OS2/c1-11-7-33(8-12(2)31-11)22-13-5-16(24(27,28)29)19(25)21-20(13)34(23(35)32-22)9-15(18(36)10-37-21)14-6-30-4-3-17(14)26/h3-6,12,15,18,31,36H,1,7-10H2,2H3/t12-,15?,18?/m0/s1. The van der Waals surface area contributed by atoms with E-state index in [1.165, 1.54) is 23.0 Å². The molecule has 37 heavy (non-hydrogen) atoms. The van der Waals surface area contributed by atoms with Crippen molar-refractivity contribution in [1.29, 1.82) is 0 Å². The van der Waals surface area contributed by atoms with Crippen molar-refractivity contribution in [2.75, 3.05) is 23.7 Å². The highest BCUT2D eigenvalue weighted by Gasteiger charge is 2.38. The molecule has 3 atom stereocenters. The Hall–Kier alpha value is -2.44. The van der Waals surface area contributed by atoms with Gasteiger partial charge in [-0.25, -0.2) is 9.18 Å². The van der Waals surface area contributed by atoms with E-state index >= 15 is 0 Å². The van der Waals surface area contributed by atoms with E-state index < -0.39 is 39.4 Å². The van der Waals surface area contributed by atoms with E-state index in [1.807, 2.05) is 6.92 Å². The summed E-state index contributed by atoms with van der Waals surface area (Å²) in [6.45, 7) is 6.46. The van der Waals surface area contributed by atoms with Crippen LogP contribution < -0.4 is 15.9 Å². The number of halogens is 5. The summed E-state index contributed by atoms with van der Waals surface area (Å²) in [7, 11) is 0. The Morgan fingerprint density at radius 2 is 2.08 bits per heavy atom. The molecule has 1 aromatic carbocycles. The molecule has 6 nitrogen and oxygen atoms in total. The van der Waals surface area contributed by atoms with Gasteiger partial charge >= 0.3 is 11.9 Å². The second kappa shape index (κ2) is 9.70. The van der Waals surface area contributed by atoms with Gasteiger partial charge in [-0.15, -0.1) is 11.8 Å². The molecular formula is C24H22ClF4N5OS2. The molecule has 0 saturated carbocycles. The predicted octanol–water partition coefficient (Wildman–Crippen LogP) is 5.10. The third-order valence-electron chi connectivity index (χ3n) is 6.51. The number of rotatable bonds is 2. The number of thioether (sulfide) groups is 1. The van der Waals surface area contributed by atoms with Crippen molar-refractivity contribution in [3.05, 3.63) is 69.3 Å². The van der Waals surface area contributed by atoms with Crippen LogP contribution >= 0.6 is 36.0 Å². The van der Waals surface area contributed by atoms with Crippen LogP contribution in [0.25, 0.3) is 10.9 Å². The Labute approximate surface area is 224 Å². The Morgan fingerprint density at radius 1 is 1.32 bits per heavy atom. The van der Waals surface area contributed by atoms with Crippen molar-refractivity contribution < 1.29 is 17.6 Å². The number of nitrogens with zero attached hydrogens (tertiary/aromatic N) is 4. The molecule has 2 aromatic heterocycles. The van der Waals surface area contributed by atoms with Crippen LogP contribution in [0.5, 0.6) is 0 Å². The zero-order valence-corrected chi connectivity index (χ0v) is 22.0. The fraction of sp³-hybridized carbons (Fsp3) is 0.375. The van der Waals surface area contributed by atoms with Gasteiger partial charge in [0.05, 0.1) is 27.5 Å². The Balaban J connectivity index is 1.80. The van der Waals surface area contributed by atoms with Gasteiger partial charge in [0.2, 0.25) is 0 Å². The van der Waals surface area contributed by atoms with E-state index in [0.29, 0.717) is 12.2 Å². The van der Waals surface area contributed by atoms with Crippen molar-refractivity contribution in [3.63, 3.8) is 0 Å². The van der Waals surface area contributed by atoms with E-state index in [2.05, 4.69) is 34.5 Å². The van der Waals surface area contributed by atoms with Gasteiger partial charge in [-0.3, -0.25) is 9.55 Å². The molecule has 2 aliphatic rings. The van der Waals surface area contributed by atoms with E-state index in [9.17, 15) is 22.4 Å². The summed E-state index contributed by atoms with van der Waals surface area (Å²) >= 11 is 12.1. The average molecular weight is 572 g/mol. The van der Waals surface area contributed by atoms with Crippen LogP contribution in [0.1, 0.15) is 24.0 Å². The number of pyridine rings is 1. The number of anilines is 1. The molecule has 4 heterocycles. The molecule has 0 amide bonds. The normalized spacial score (nSPS) is 22.5. The first-order valence-corrected chi connectivity index (χ1v) is 13.3. The van der Waals surface area contributed by atoms with E-state index in [-0.39, 0.29) is 52.1 Å². The number of hydrogen-bond donors (Lipinski definition) is 2. The molecule has 2 aliphatic heterocycles. The molecule has 3 aromatic rings. The molecule has 5 rings (SSSR count). The minimum absolute atomic E-state index is 0.0562. The Morgan fingerprint density at radius 3 is 2.76 bits per heavy atom. The Kier molecular flexibility index (Phi) is 6.86. The summed E-state index contributed by atoms with van der Waals surface area (Å²) in [4.78, 5) is 23.6. The largest absolute Gasteiger partial charge is 0.417 e. The van der Waals surface area contributed by atoms with Gasteiger partial charge in [-0.2, -0.15) is 30.8 Å². The third-order valence-corrected chi connectivity index (χ3v) is 9.01. The first kappa shape index (κ1) is 26.2. The van der Waals surface area contributed by atoms with Crippen LogP contribution in [-0.4, -0.2) is 44.7 Å². The summed E-state index contributed by atoms with van der Waals surface area (Å²) in [5, 5.41) is 2.33. The molecule has 0 spiro atoms. The lowest BCUT2D eigenvalue weighted by atomic mass is 9.96. The number of nitrogens with one attached hydrogen (secondary N) is 1. The average Bonchev–Trinajstić information content (AvgIpc) is 2.80. The maximum atomic E-state index is 14.7. The van der Waals surface area contributed by atoms with E-state index in [4.69, 9.17) is 11.6 Å². The molecule has 0 bridgehead atoms.